The van der Waals surface area contributed by atoms with E-state index in [1.807, 2.05) is 74.5 Å². The molecule has 1 amide bonds. The largest absolute Gasteiger partial charge is 0.362 e. The fourth-order valence-corrected chi connectivity index (χ4v) is 2.36. The van der Waals surface area contributed by atoms with Gasteiger partial charge in [-0.25, -0.2) is 0 Å². The lowest BCUT2D eigenvalue weighted by Crippen LogP contribution is -2.44. The second-order valence-corrected chi connectivity index (χ2v) is 5.76. The number of nitrogens with one attached hydrogen (secondary N) is 3. The van der Waals surface area contributed by atoms with Crippen LogP contribution in [-0.4, -0.2) is 11.7 Å². The van der Waals surface area contributed by atoms with Crippen LogP contribution < -0.4 is 10.6 Å². The minimum Gasteiger partial charge on any atom is -0.362 e. The minimum absolute atomic E-state index is 0.0547. The number of para-hydroxylation sites is 1. The van der Waals surface area contributed by atoms with Crippen molar-refractivity contribution in [3.8, 4) is 0 Å². The first-order valence-electron chi connectivity index (χ1n) is 8.00. The molecule has 0 saturated heterocycles. The molecule has 2 rings (SSSR count). The molecule has 124 valence electrons. The maximum Gasteiger partial charge on any atom is 0.235 e. The summed E-state index contributed by atoms with van der Waals surface area (Å²) in [4.78, 5) is 12.6. The standard InChI is InChI=1S/C20H23N3O/c1-3-20(2,16-10-6-4-7-11-16)19(24)23-18(21)14-15-22-17-12-8-5-9-13-17/h4-15,22H,3H2,1-2H3,(H2,21,23,24)/b15-14-. The molecule has 0 aromatic heterocycles. The van der Waals surface area contributed by atoms with Crippen LogP contribution in [0.15, 0.2) is 72.9 Å². The summed E-state index contributed by atoms with van der Waals surface area (Å²) in [6.07, 6.45) is 3.83. The molecule has 0 radical (unpaired) electrons. The Morgan fingerprint density at radius 1 is 1.08 bits per heavy atom. The first-order valence-corrected chi connectivity index (χ1v) is 8.00. The molecule has 0 spiro atoms. The zero-order valence-corrected chi connectivity index (χ0v) is 14.0. The highest BCUT2D eigenvalue weighted by Gasteiger charge is 2.33. The molecule has 0 saturated carbocycles. The van der Waals surface area contributed by atoms with Gasteiger partial charge in [0.25, 0.3) is 0 Å². The lowest BCUT2D eigenvalue weighted by atomic mass is 9.79. The number of hydrogen-bond donors (Lipinski definition) is 3. The maximum atomic E-state index is 12.6. The second-order valence-electron chi connectivity index (χ2n) is 5.76. The van der Waals surface area contributed by atoms with E-state index in [0.717, 1.165) is 11.3 Å². The molecule has 1 unspecified atom stereocenters. The Balaban J connectivity index is 1.98. The highest BCUT2D eigenvalue weighted by molar-refractivity contribution is 6.06. The van der Waals surface area contributed by atoms with E-state index in [0.29, 0.717) is 6.42 Å². The van der Waals surface area contributed by atoms with Crippen LogP contribution in [0.5, 0.6) is 0 Å². The Kier molecular flexibility index (Phi) is 5.90. The Morgan fingerprint density at radius 2 is 1.67 bits per heavy atom. The van der Waals surface area contributed by atoms with Gasteiger partial charge in [-0.1, -0.05) is 55.5 Å². The van der Waals surface area contributed by atoms with Crippen molar-refractivity contribution < 1.29 is 4.79 Å². The van der Waals surface area contributed by atoms with Crippen LogP contribution in [-0.2, 0) is 10.2 Å². The molecule has 0 heterocycles. The number of carbonyl (C=O) groups is 1. The molecular weight excluding hydrogens is 298 g/mol. The third-order valence-electron chi connectivity index (χ3n) is 4.14. The molecule has 0 aliphatic heterocycles. The zero-order chi connectivity index (χ0) is 17.4. The summed E-state index contributed by atoms with van der Waals surface area (Å²) in [6.45, 7) is 3.87. The zero-order valence-electron chi connectivity index (χ0n) is 14.0. The van der Waals surface area contributed by atoms with E-state index in [9.17, 15) is 4.79 Å². The normalized spacial score (nSPS) is 13.2. The van der Waals surface area contributed by atoms with Gasteiger partial charge in [0, 0.05) is 11.9 Å². The van der Waals surface area contributed by atoms with E-state index in [2.05, 4.69) is 10.6 Å². The van der Waals surface area contributed by atoms with Crippen molar-refractivity contribution >= 4 is 17.4 Å². The molecular formula is C20H23N3O. The Bertz CT molecular complexity index is 710. The third kappa shape index (κ3) is 4.32. The molecule has 0 aliphatic carbocycles. The Labute approximate surface area is 143 Å². The Morgan fingerprint density at radius 3 is 2.25 bits per heavy atom. The average molecular weight is 321 g/mol. The topological polar surface area (TPSA) is 65.0 Å². The van der Waals surface area contributed by atoms with Crippen molar-refractivity contribution in [3.05, 3.63) is 78.5 Å². The quantitative estimate of drug-likeness (QED) is 0.554. The summed E-state index contributed by atoms with van der Waals surface area (Å²) in [5.74, 6) is -0.121. The number of hydrogen-bond acceptors (Lipinski definition) is 3. The van der Waals surface area contributed by atoms with Crippen molar-refractivity contribution in [1.82, 2.24) is 5.32 Å². The van der Waals surface area contributed by atoms with Gasteiger partial charge < -0.3 is 10.6 Å². The van der Waals surface area contributed by atoms with Crippen LogP contribution in [0, 0.1) is 5.41 Å². The molecule has 1 atom stereocenters. The summed E-state index contributed by atoms with van der Waals surface area (Å²) in [5.41, 5.74) is 1.22. The van der Waals surface area contributed by atoms with Crippen LogP contribution in [0.3, 0.4) is 0 Å². The van der Waals surface area contributed by atoms with Crippen LogP contribution in [0.2, 0.25) is 0 Å². The molecule has 2 aromatic rings. The van der Waals surface area contributed by atoms with Gasteiger partial charge in [-0.05, 0) is 37.1 Å². The Hall–Kier alpha value is -2.88. The maximum absolute atomic E-state index is 12.6. The number of benzene rings is 2. The summed E-state index contributed by atoms with van der Waals surface area (Å²) >= 11 is 0. The van der Waals surface area contributed by atoms with Gasteiger partial charge in [-0.2, -0.15) is 0 Å². The van der Waals surface area contributed by atoms with Crippen molar-refractivity contribution in [2.75, 3.05) is 5.32 Å². The first-order chi connectivity index (χ1) is 11.6. The smallest absolute Gasteiger partial charge is 0.235 e. The molecule has 4 heteroatoms. The van der Waals surface area contributed by atoms with Crippen LogP contribution in [0.4, 0.5) is 5.69 Å². The van der Waals surface area contributed by atoms with Gasteiger partial charge in [0.15, 0.2) is 0 Å². The first kappa shape index (κ1) is 17.5. The van der Waals surface area contributed by atoms with E-state index >= 15 is 0 Å². The van der Waals surface area contributed by atoms with Crippen molar-refractivity contribution in [2.24, 2.45) is 0 Å². The van der Waals surface area contributed by atoms with E-state index in [1.54, 1.807) is 6.20 Å². The van der Waals surface area contributed by atoms with Gasteiger partial charge in [0.2, 0.25) is 5.91 Å². The fourth-order valence-electron chi connectivity index (χ4n) is 2.36. The van der Waals surface area contributed by atoms with Crippen molar-refractivity contribution in [3.63, 3.8) is 0 Å². The molecule has 24 heavy (non-hydrogen) atoms. The monoisotopic (exact) mass is 321 g/mol. The average Bonchev–Trinajstić information content (AvgIpc) is 2.62. The van der Waals surface area contributed by atoms with E-state index in [-0.39, 0.29) is 11.7 Å². The minimum atomic E-state index is -0.658. The summed E-state index contributed by atoms with van der Waals surface area (Å²) in [6, 6.07) is 19.3. The number of carbonyl (C=O) groups excluding carboxylic acids is 1. The molecule has 3 N–H and O–H groups in total. The molecule has 0 bridgehead atoms. The predicted octanol–water partition coefficient (Wildman–Crippen LogP) is 4.07. The highest BCUT2D eigenvalue weighted by atomic mass is 16.2. The van der Waals surface area contributed by atoms with E-state index < -0.39 is 5.41 Å². The van der Waals surface area contributed by atoms with Gasteiger partial charge >= 0.3 is 0 Å². The third-order valence-corrected chi connectivity index (χ3v) is 4.14. The molecule has 2 aromatic carbocycles. The lowest BCUT2D eigenvalue weighted by Gasteiger charge is -2.27. The van der Waals surface area contributed by atoms with E-state index in [1.165, 1.54) is 6.08 Å². The number of anilines is 1. The summed E-state index contributed by atoms with van der Waals surface area (Å²) < 4.78 is 0. The van der Waals surface area contributed by atoms with Gasteiger partial charge in [0.05, 0.1) is 5.41 Å². The number of amides is 1. The van der Waals surface area contributed by atoms with Crippen LogP contribution in [0.25, 0.3) is 0 Å². The summed E-state index contributed by atoms with van der Waals surface area (Å²) in [5, 5.41) is 13.7. The van der Waals surface area contributed by atoms with Crippen molar-refractivity contribution in [2.45, 2.75) is 25.7 Å². The van der Waals surface area contributed by atoms with Crippen molar-refractivity contribution in [1.29, 1.82) is 5.41 Å². The second kappa shape index (κ2) is 8.11. The predicted molar refractivity (Wildman–Crippen MR) is 99.2 cm³/mol. The molecule has 0 aliphatic rings. The van der Waals surface area contributed by atoms with Gasteiger partial charge in [-0.3, -0.25) is 10.2 Å². The fraction of sp³-hybridized carbons (Fsp3) is 0.200. The van der Waals surface area contributed by atoms with E-state index in [4.69, 9.17) is 5.41 Å². The van der Waals surface area contributed by atoms with Crippen LogP contribution in [0.1, 0.15) is 25.8 Å². The molecule has 4 nitrogen and oxygen atoms in total. The van der Waals surface area contributed by atoms with Gasteiger partial charge in [-0.15, -0.1) is 0 Å². The SMILES string of the molecule is CCC(C)(C(=O)NC(=N)/C=C\Nc1ccccc1)c1ccccc1. The highest BCUT2D eigenvalue weighted by Crippen LogP contribution is 2.27. The van der Waals surface area contributed by atoms with Gasteiger partial charge in [0.1, 0.15) is 5.84 Å². The van der Waals surface area contributed by atoms with Crippen LogP contribution >= 0.6 is 0 Å². The number of rotatable bonds is 6. The summed E-state index contributed by atoms with van der Waals surface area (Å²) in [7, 11) is 0. The number of amidine groups is 1. The molecule has 0 fully saturated rings. The lowest BCUT2D eigenvalue weighted by molar-refractivity contribution is -0.124.